The number of halogens is 1. The summed E-state index contributed by atoms with van der Waals surface area (Å²) in [5, 5.41) is 0. The summed E-state index contributed by atoms with van der Waals surface area (Å²) in [5.41, 5.74) is 0. The molecule has 0 aromatic carbocycles. The average Bonchev–Trinajstić information content (AvgIpc) is 1.41. The van der Waals surface area contributed by atoms with Gasteiger partial charge < -0.3 is 0 Å². The van der Waals surface area contributed by atoms with Gasteiger partial charge >= 0.3 is 0 Å². The molecule has 0 heterocycles. The van der Waals surface area contributed by atoms with Gasteiger partial charge in [0.25, 0.3) is 0 Å². The summed E-state index contributed by atoms with van der Waals surface area (Å²) in [6.07, 6.45) is 1.31. The number of hydrogen-bond acceptors (Lipinski definition) is 0. The summed E-state index contributed by atoms with van der Waals surface area (Å²) in [5.74, 6) is 0. The van der Waals surface area contributed by atoms with Gasteiger partial charge in [-0.25, -0.2) is 0 Å². The normalized spacial score (nSPS) is 8.40. The van der Waals surface area contributed by atoms with Crippen LogP contribution in [0.2, 0.25) is 6.04 Å². The van der Waals surface area contributed by atoms with E-state index in [-0.39, 0.29) is 0 Å². The van der Waals surface area contributed by atoms with Gasteiger partial charge in [0.05, 0.1) is 0 Å². The van der Waals surface area contributed by atoms with Crippen LogP contribution in [0.4, 0.5) is 0 Å². The molecule has 0 saturated carbocycles. The Hall–Kier alpha value is 0.697. The van der Waals surface area contributed by atoms with Gasteiger partial charge in [0, 0.05) is 0 Å². The van der Waals surface area contributed by atoms with E-state index in [0.29, 0.717) is 0 Å². The zero-order chi connectivity index (χ0) is 4.12. The smallest absolute Gasteiger partial charge is 0.131 e. The van der Waals surface area contributed by atoms with Gasteiger partial charge in [0.15, 0.2) is 0 Å². The standard InChI is InChI=1S/C3H7BrSi/c1-2-3-5-4/h2-3H2,1H3. The van der Waals surface area contributed by atoms with Crippen molar-refractivity contribution >= 4 is 23.4 Å². The molecule has 0 aliphatic heterocycles. The summed E-state index contributed by atoms with van der Waals surface area (Å²) in [4.78, 5) is 0. The summed E-state index contributed by atoms with van der Waals surface area (Å²) in [6.45, 7) is 2.19. The summed E-state index contributed by atoms with van der Waals surface area (Å²) in [6, 6.07) is 1.33. The van der Waals surface area contributed by atoms with Gasteiger partial charge in [-0.2, -0.15) is 0 Å². The quantitative estimate of drug-likeness (QED) is 0.417. The van der Waals surface area contributed by atoms with Crippen molar-refractivity contribution in [1.29, 1.82) is 0 Å². The van der Waals surface area contributed by atoms with E-state index in [2.05, 4.69) is 22.2 Å². The van der Waals surface area contributed by atoms with Crippen molar-refractivity contribution in [3.05, 3.63) is 0 Å². The second kappa shape index (κ2) is 4.70. The molecular weight excluding hydrogens is 144 g/mol. The first kappa shape index (κ1) is 5.70. The molecule has 2 heteroatoms. The zero-order valence-electron chi connectivity index (χ0n) is 3.29. The van der Waals surface area contributed by atoms with Crippen molar-refractivity contribution < 1.29 is 0 Å². The maximum absolute atomic E-state index is 3.34. The zero-order valence-corrected chi connectivity index (χ0v) is 5.88. The maximum atomic E-state index is 3.34. The van der Waals surface area contributed by atoms with E-state index in [1.807, 2.05) is 0 Å². The molecule has 0 aromatic rings. The SMILES string of the molecule is CCC[Si]Br. The molecule has 0 aliphatic carbocycles. The average molecular weight is 151 g/mol. The summed E-state index contributed by atoms with van der Waals surface area (Å²) in [7, 11) is 0.970. The van der Waals surface area contributed by atoms with Crippen molar-refractivity contribution in [1.82, 2.24) is 0 Å². The fraction of sp³-hybridized carbons (Fsp3) is 1.00. The highest BCUT2D eigenvalue weighted by molar-refractivity contribution is 9.23. The van der Waals surface area contributed by atoms with Crippen LogP contribution < -0.4 is 0 Å². The molecule has 0 N–H and O–H groups in total. The largest absolute Gasteiger partial charge is 0.137 e. The van der Waals surface area contributed by atoms with E-state index < -0.39 is 0 Å². The predicted octanol–water partition coefficient (Wildman–Crippen LogP) is 1.83. The van der Waals surface area contributed by atoms with Crippen molar-refractivity contribution in [3.8, 4) is 0 Å². The van der Waals surface area contributed by atoms with E-state index in [1.54, 1.807) is 0 Å². The fourth-order valence-corrected chi connectivity index (χ4v) is 1.47. The minimum absolute atomic E-state index is 0.970. The Morgan fingerprint density at radius 2 is 2.40 bits per heavy atom. The molecule has 30 valence electrons. The lowest BCUT2D eigenvalue weighted by Gasteiger charge is -1.75. The molecule has 2 radical (unpaired) electrons. The van der Waals surface area contributed by atoms with Gasteiger partial charge in [-0.15, -0.1) is 15.3 Å². The molecule has 0 aliphatic rings. The Morgan fingerprint density at radius 1 is 1.80 bits per heavy atom. The maximum Gasteiger partial charge on any atom is 0.137 e. The number of rotatable bonds is 2. The second-order valence-electron chi connectivity index (χ2n) is 0.884. The molecule has 0 nitrogen and oxygen atoms in total. The van der Waals surface area contributed by atoms with Crippen molar-refractivity contribution in [2.24, 2.45) is 0 Å². The minimum atomic E-state index is 0.970. The van der Waals surface area contributed by atoms with E-state index in [4.69, 9.17) is 0 Å². The highest BCUT2D eigenvalue weighted by atomic mass is 79.9. The first-order valence-electron chi connectivity index (χ1n) is 1.75. The van der Waals surface area contributed by atoms with Crippen LogP contribution in [-0.4, -0.2) is 8.14 Å². The Balaban J connectivity index is 2.19. The van der Waals surface area contributed by atoms with Crippen molar-refractivity contribution in [2.45, 2.75) is 19.4 Å². The molecule has 0 spiro atoms. The van der Waals surface area contributed by atoms with Crippen LogP contribution in [0.1, 0.15) is 13.3 Å². The van der Waals surface area contributed by atoms with Crippen LogP contribution in [0.15, 0.2) is 0 Å². The van der Waals surface area contributed by atoms with Gasteiger partial charge in [0.2, 0.25) is 0 Å². The van der Waals surface area contributed by atoms with Crippen LogP contribution >= 0.6 is 15.3 Å². The molecule has 0 rings (SSSR count). The summed E-state index contributed by atoms with van der Waals surface area (Å²) >= 11 is 3.34. The van der Waals surface area contributed by atoms with Crippen LogP contribution in [0.5, 0.6) is 0 Å². The highest BCUT2D eigenvalue weighted by Crippen LogP contribution is 1.87. The topological polar surface area (TPSA) is 0 Å². The third-order valence-electron chi connectivity index (χ3n) is 0.344. The second-order valence-corrected chi connectivity index (χ2v) is 3.33. The molecular formula is C3H7BrSi. The van der Waals surface area contributed by atoms with Crippen LogP contribution in [0.3, 0.4) is 0 Å². The van der Waals surface area contributed by atoms with Gasteiger partial charge in [0.1, 0.15) is 8.14 Å². The first-order valence-corrected chi connectivity index (χ1v) is 5.21. The third kappa shape index (κ3) is 4.70. The summed E-state index contributed by atoms with van der Waals surface area (Å²) < 4.78 is 0. The molecule has 0 fully saturated rings. The third-order valence-corrected chi connectivity index (χ3v) is 2.22. The molecule has 0 saturated heterocycles. The lowest BCUT2D eigenvalue weighted by molar-refractivity contribution is 1.08. The lowest BCUT2D eigenvalue weighted by Crippen LogP contribution is -1.68. The Bertz CT molecular complexity index is 14.4. The van der Waals surface area contributed by atoms with Crippen LogP contribution in [0.25, 0.3) is 0 Å². The van der Waals surface area contributed by atoms with E-state index in [0.717, 1.165) is 8.14 Å². The Morgan fingerprint density at radius 3 is 2.40 bits per heavy atom. The Kier molecular flexibility index (Phi) is 5.35. The molecule has 5 heavy (non-hydrogen) atoms. The molecule has 0 amide bonds. The monoisotopic (exact) mass is 150 g/mol. The fourth-order valence-electron chi connectivity index (χ4n) is 0.0945. The van der Waals surface area contributed by atoms with E-state index >= 15 is 0 Å². The van der Waals surface area contributed by atoms with Gasteiger partial charge in [-0.3, -0.25) is 0 Å². The minimum Gasteiger partial charge on any atom is -0.131 e. The highest BCUT2D eigenvalue weighted by Gasteiger charge is 1.72. The van der Waals surface area contributed by atoms with E-state index in [1.165, 1.54) is 12.5 Å². The van der Waals surface area contributed by atoms with Crippen molar-refractivity contribution in [2.75, 3.05) is 0 Å². The van der Waals surface area contributed by atoms with E-state index in [9.17, 15) is 0 Å². The molecule has 0 bridgehead atoms. The molecule has 0 unspecified atom stereocenters. The lowest BCUT2D eigenvalue weighted by atomic mass is 10.6. The van der Waals surface area contributed by atoms with Gasteiger partial charge in [-0.1, -0.05) is 19.4 Å². The Labute approximate surface area is 43.4 Å². The van der Waals surface area contributed by atoms with Gasteiger partial charge in [-0.05, 0) is 0 Å². The molecule has 0 atom stereocenters. The number of hydrogen-bond donors (Lipinski definition) is 0. The van der Waals surface area contributed by atoms with Crippen LogP contribution in [0, 0.1) is 0 Å². The molecule has 0 aromatic heterocycles. The van der Waals surface area contributed by atoms with Crippen molar-refractivity contribution in [3.63, 3.8) is 0 Å². The van der Waals surface area contributed by atoms with Crippen LogP contribution in [-0.2, 0) is 0 Å². The first-order chi connectivity index (χ1) is 2.41. The predicted molar refractivity (Wildman–Crippen MR) is 29.8 cm³/mol.